The minimum absolute atomic E-state index is 0.357. The van der Waals surface area contributed by atoms with Gasteiger partial charge >= 0.3 is 0 Å². The average molecular weight is 272 g/mol. The monoisotopic (exact) mass is 272 g/mol. The Bertz CT molecular complexity index is 401. The fourth-order valence-corrected chi connectivity index (χ4v) is 5.82. The number of sulfone groups is 1. The molecule has 0 aromatic rings. The van der Waals surface area contributed by atoms with E-state index in [1.807, 2.05) is 0 Å². The van der Waals surface area contributed by atoms with Crippen molar-refractivity contribution >= 4 is 9.84 Å². The third kappa shape index (κ3) is 2.73. The molecular formula is C13H24N2O2S. The van der Waals surface area contributed by atoms with E-state index in [4.69, 9.17) is 0 Å². The van der Waals surface area contributed by atoms with Crippen LogP contribution in [0.2, 0.25) is 0 Å². The summed E-state index contributed by atoms with van der Waals surface area (Å²) in [6.45, 7) is 4.27. The van der Waals surface area contributed by atoms with Gasteiger partial charge in [0.15, 0.2) is 9.84 Å². The predicted molar refractivity (Wildman–Crippen MR) is 72.4 cm³/mol. The number of hydrogen-bond donors (Lipinski definition) is 1. The van der Waals surface area contributed by atoms with E-state index in [-0.39, 0.29) is 0 Å². The van der Waals surface area contributed by atoms with E-state index in [0.29, 0.717) is 23.0 Å². The van der Waals surface area contributed by atoms with Crippen LogP contribution in [0.25, 0.3) is 0 Å². The van der Waals surface area contributed by atoms with Crippen LogP contribution in [0.15, 0.2) is 0 Å². The lowest BCUT2D eigenvalue weighted by molar-refractivity contribution is 0.121. The molecule has 0 bridgehead atoms. The van der Waals surface area contributed by atoms with Gasteiger partial charge in [0, 0.05) is 31.7 Å². The molecule has 2 saturated heterocycles. The van der Waals surface area contributed by atoms with Crippen LogP contribution >= 0.6 is 0 Å². The molecule has 1 atom stereocenters. The third-order valence-corrected chi connectivity index (χ3v) is 6.70. The zero-order valence-corrected chi connectivity index (χ0v) is 11.8. The van der Waals surface area contributed by atoms with Crippen LogP contribution in [0.4, 0.5) is 0 Å². The van der Waals surface area contributed by atoms with Gasteiger partial charge in [-0.3, -0.25) is 4.90 Å². The Morgan fingerprint density at radius 2 is 2.06 bits per heavy atom. The molecule has 0 amide bonds. The smallest absolute Gasteiger partial charge is 0.150 e. The summed E-state index contributed by atoms with van der Waals surface area (Å²) in [7, 11) is -2.72. The Labute approximate surface area is 110 Å². The molecule has 1 saturated carbocycles. The fourth-order valence-electron chi connectivity index (χ4n) is 3.97. The molecule has 3 rings (SSSR count). The van der Waals surface area contributed by atoms with Crippen LogP contribution in [0.1, 0.15) is 32.1 Å². The summed E-state index contributed by atoms with van der Waals surface area (Å²) in [6.07, 6.45) is 6.16. The van der Waals surface area contributed by atoms with Crippen molar-refractivity contribution in [1.82, 2.24) is 10.2 Å². The van der Waals surface area contributed by atoms with Crippen LogP contribution in [-0.4, -0.2) is 56.5 Å². The first-order valence-electron chi connectivity index (χ1n) is 7.25. The molecule has 1 N–H and O–H groups in total. The average Bonchev–Trinajstić information content (AvgIpc) is 2.87. The molecule has 1 spiro atoms. The molecule has 1 aliphatic carbocycles. The molecule has 2 aliphatic heterocycles. The summed E-state index contributed by atoms with van der Waals surface area (Å²) in [5.41, 5.74) is 0.357. The Morgan fingerprint density at radius 3 is 2.72 bits per heavy atom. The van der Waals surface area contributed by atoms with E-state index >= 15 is 0 Å². The van der Waals surface area contributed by atoms with E-state index in [2.05, 4.69) is 10.2 Å². The highest BCUT2D eigenvalue weighted by atomic mass is 32.2. The lowest BCUT2D eigenvalue weighted by atomic mass is 9.94. The highest BCUT2D eigenvalue weighted by molar-refractivity contribution is 7.91. The molecule has 2 heterocycles. The quantitative estimate of drug-likeness (QED) is 0.801. The molecule has 1 unspecified atom stereocenters. The summed E-state index contributed by atoms with van der Waals surface area (Å²) in [5.74, 6) is 1.21. The first-order chi connectivity index (χ1) is 8.57. The zero-order valence-electron chi connectivity index (χ0n) is 11.0. The molecule has 5 heteroatoms. The highest BCUT2D eigenvalue weighted by Gasteiger charge is 2.38. The normalized spacial score (nSPS) is 35.2. The van der Waals surface area contributed by atoms with Gasteiger partial charge in [0.2, 0.25) is 0 Å². The Morgan fingerprint density at radius 1 is 1.28 bits per heavy atom. The number of nitrogens with one attached hydrogen (secondary N) is 1. The lowest BCUT2D eigenvalue weighted by Gasteiger charge is -2.42. The molecule has 0 aromatic heterocycles. The Kier molecular flexibility index (Phi) is 3.41. The maximum Gasteiger partial charge on any atom is 0.150 e. The molecule has 4 nitrogen and oxygen atoms in total. The number of hydrogen-bond acceptors (Lipinski definition) is 4. The second-order valence-electron chi connectivity index (χ2n) is 6.42. The summed E-state index contributed by atoms with van der Waals surface area (Å²) in [6, 6.07) is 0. The van der Waals surface area contributed by atoms with Crippen molar-refractivity contribution in [1.29, 1.82) is 0 Å². The van der Waals surface area contributed by atoms with E-state index in [0.717, 1.165) is 32.6 Å². The van der Waals surface area contributed by atoms with Gasteiger partial charge in [0.1, 0.15) is 0 Å². The standard InChI is InChI=1S/C13H24N2O2S/c16-18(17)8-3-12(10-18)9-15-7-6-14-13(11-15)4-1-2-5-13/h12,14H,1-11H2. The summed E-state index contributed by atoms with van der Waals surface area (Å²) in [4.78, 5) is 2.51. The van der Waals surface area contributed by atoms with Gasteiger partial charge in [-0.2, -0.15) is 0 Å². The maximum atomic E-state index is 11.5. The Hall–Kier alpha value is -0.130. The second-order valence-corrected chi connectivity index (χ2v) is 8.65. The second kappa shape index (κ2) is 4.76. The first kappa shape index (κ1) is 12.9. The van der Waals surface area contributed by atoms with Crippen LogP contribution in [0.3, 0.4) is 0 Å². The molecule has 3 fully saturated rings. The summed E-state index contributed by atoms with van der Waals surface area (Å²) >= 11 is 0. The number of nitrogens with zero attached hydrogens (tertiary/aromatic N) is 1. The van der Waals surface area contributed by atoms with Crippen LogP contribution in [-0.2, 0) is 9.84 Å². The fraction of sp³-hybridized carbons (Fsp3) is 1.00. The van der Waals surface area contributed by atoms with Gasteiger partial charge in [-0.15, -0.1) is 0 Å². The van der Waals surface area contributed by atoms with E-state index < -0.39 is 9.84 Å². The van der Waals surface area contributed by atoms with Gasteiger partial charge in [-0.25, -0.2) is 8.42 Å². The van der Waals surface area contributed by atoms with Gasteiger partial charge in [-0.05, 0) is 25.2 Å². The van der Waals surface area contributed by atoms with E-state index in [1.54, 1.807) is 0 Å². The number of piperazine rings is 1. The van der Waals surface area contributed by atoms with Crippen molar-refractivity contribution in [3.63, 3.8) is 0 Å². The zero-order chi connectivity index (χ0) is 12.6. The first-order valence-corrected chi connectivity index (χ1v) is 9.07. The summed E-state index contributed by atoms with van der Waals surface area (Å²) in [5, 5.41) is 3.71. The van der Waals surface area contributed by atoms with Crippen molar-refractivity contribution in [3.8, 4) is 0 Å². The van der Waals surface area contributed by atoms with Crippen molar-refractivity contribution in [2.45, 2.75) is 37.6 Å². The van der Waals surface area contributed by atoms with Gasteiger partial charge in [-0.1, -0.05) is 12.8 Å². The van der Waals surface area contributed by atoms with Crippen molar-refractivity contribution < 1.29 is 8.42 Å². The van der Waals surface area contributed by atoms with Crippen LogP contribution in [0, 0.1) is 5.92 Å². The molecular weight excluding hydrogens is 248 g/mol. The van der Waals surface area contributed by atoms with Crippen molar-refractivity contribution in [2.24, 2.45) is 5.92 Å². The lowest BCUT2D eigenvalue weighted by Crippen LogP contribution is -2.59. The minimum Gasteiger partial charge on any atom is -0.309 e. The van der Waals surface area contributed by atoms with Gasteiger partial charge < -0.3 is 5.32 Å². The van der Waals surface area contributed by atoms with E-state index in [1.165, 1.54) is 25.7 Å². The van der Waals surface area contributed by atoms with Crippen LogP contribution < -0.4 is 5.32 Å². The Balaban J connectivity index is 1.57. The largest absolute Gasteiger partial charge is 0.309 e. The SMILES string of the molecule is O=S1(=O)CCC(CN2CCNC3(CCCC3)C2)C1. The number of rotatable bonds is 2. The molecule has 0 radical (unpaired) electrons. The van der Waals surface area contributed by atoms with Crippen molar-refractivity contribution in [3.05, 3.63) is 0 Å². The molecule has 18 heavy (non-hydrogen) atoms. The highest BCUT2D eigenvalue weighted by Crippen LogP contribution is 2.32. The molecule has 3 aliphatic rings. The van der Waals surface area contributed by atoms with Gasteiger partial charge in [0.25, 0.3) is 0 Å². The summed E-state index contributed by atoms with van der Waals surface area (Å²) < 4.78 is 23.0. The van der Waals surface area contributed by atoms with Crippen molar-refractivity contribution in [2.75, 3.05) is 37.7 Å². The molecule has 0 aromatic carbocycles. The third-order valence-electron chi connectivity index (χ3n) is 4.86. The molecule has 104 valence electrons. The maximum absolute atomic E-state index is 11.5. The predicted octanol–water partition coefficient (Wildman–Crippen LogP) is 0.639. The topological polar surface area (TPSA) is 49.4 Å². The van der Waals surface area contributed by atoms with Crippen LogP contribution in [0.5, 0.6) is 0 Å². The van der Waals surface area contributed by atoms with Gasteiger partial charge in [0.05, 0.1) is 11.5 Å². The van der Waals surface area contributed by atoms with E-state index in [9.17, 15) is 8.42 Å². The minimum atomic E-state index is -2.72.